The van der Waals surface area contributed by atoms with E-state index in [0.717, 1.165) is 55.7 Å². The number of nitrogens with zero attached hydrogens (tertiary/aromatic N) is 2. The van der Waals surface area contributed by atoms with Crippen LogP contribution in [0.3, 0.4) is 0 Å². The summed E-state index contributed by atoms with van der Waals surface area (Å²) in [7, 11) is 1.81. The maximum Gasteiger partial charge on any atom is 0.257 e. The molecule has 1 saturated carbocycles. The zero-order chi connectivity index (χ0) is 18.1. The molecule has 5 nitrogen and oxygen atoms in total. The van der Waals surface area contributed by atoms with Crippen molar-refractivity contribution in [2.24, 2.45) is 5.41 Å². The molecule has 0 unspecified atom stereocenters. The molecular formula is C21H27N3O2. The van der Waals surface area contributed by atoms with E-state index in [1.54, 1.807) is 0 Å². The zero-order valence-corrected chi connectivity index (χ0v) is 15.6. The highest BCUT2D eigenvalue weighted by Gasteiger charge is 2.47. The van der Waals surface area contributed by atoms with Crippen molar-refractivity contribution in [2.75, 3.05) is 20.2 Å². The lowest BCUT2D eigenvalue weighted by Crippen LogP contribution is -2.50. The average molecular weight is 353 g/mol. The molecule has 1 spiro atoms. The first-order chi connectivity index (χ1) is 12.6. The molecule has 138 valence electrons. The first kappa shape index (κ1) is 17.3. The number of rotatable bonds is 3. The second kappa shape index (κ2) is 6.88. The van der Waals surface area contributed by atoms with Crippen LogP contribution in [-0.2, 0) is 4.74 Å². The summed E-state index contributed by atoms with van der Waals surface area (Å²) < 4.78 is 5.78. The summed E-state index contributed by atoms with van der Waals surface area (Å²) in [5.41, 5.74) is 3.40. The molecule has 0 bridgehead atoms. The number of H-pyrrole nitrogens is 1. The second-order valence-corrected chi connectivity index (χ2v) is 7.75. The molecule has 2 aromatic rings. The first-order valence-corrected chi connectivity index (χ1v) is 9.57. The molecule has 2 aliphatic rings. The van der Waals surface area contributed by atoms with Gasteiger partial charge in [0.2, 0.25) is 0 Å². The van der Waals surface area contributed by atoms with Gasteiger partial charge in [0, 0.05) is 36.9 Å². The summed E-state index contributed by atoms with van der Waals surface area (Å²) in [4.78, 5) is 15.5. The van der Waals surface area contributed by atoms with Gasteiger partial charge in [-0.2, -0.15) is 5.10 Å². The molecule has 1 N–H and O–H groups in total. The number of ether oxygens (including phenoxy) is 1. The van der Waals surface area contributed by atoms with Crippen LogP contribution in [0.2, 0.25) is 0 Å². The lowest BCUT2D eigenvalue weighted by atomic mass is 9.76. The van der Waals surface area contributed by atoms with Gasteiger partial charge in [-0.05, 0) is 32.6 Å². The predicted octanol–water partition coefficient (Wildman–Crippen LogP) is 3.81. The molecule has 5 heteroatoms. The standard InChI is InChI=1S/C21H27N3O2/c1-15-18(19(23-22-15)16-8-4-3-5-9-16)20(25)24-13-7-12-21(14-24)11-6-10-17(21)26-2/h3-5,8-9,17H,6-7,10-14H2,1-2H3,(H,22,23)/t17-,21-/m1/s1. The second-order valence-electron chi connectivity index (χ2n) is 7.75. The van der Waals surface area contributed by atoms with Crippen LogP contribution in [0.4, 0.5) is 0 Å². The van der Waals surface area contributed by atoms with Gasteiger partial charge in [-0.3, -0.25) is 9.89 Å². The van der Waals surface area contributed by atoms with E-state index in [0.29, 0.717) is 5.56 Å². The molecule has 26 heavy (non-hydrogen) atoms. The van der Waals surface area contributed by atoms with Crippen LogP contribution < -0.4 is 0 Å². The molecule has 1 aliphatic heterocycles. The summed E-state index contributed by atoms with van der Waals surface area (Å²) in [6.07, 6.45) is 5.94. The minimum atomic E-state index is 0.0935. The van der Waals surface area contributed by atoms with E-state index in [1.807, 2.05) is 49.3 Å². The summed E-state index contributed by atoms with van der Waals surface area (Å²) in [5, 5.41) is 7.44. The third-order valence-corrected chi connectivity index (χ3v) is 6.21. The van der Waals surface area contributed by atoms with Gasteiger partial charge in [-0.15, -0.1) is 0 Å². The van der Waals surface area contributed by atoms with E-state index in [-0.39, 0.29) is 17.4 Å². The monoisotopic (exact) mass is 353 g/mol. The number of amides is 1. The van der Waals surface area contributed by atoms with Gasteiger partial charge in [-0.25, -0.2) is 0 Å². The van der Waals surface area contributed by atoms with Crippen molar-refractivity contribution in [3.63, 3.8) is 0 Å². The largest absolute Gasteiger partial charge is 0.381 e. The zero-order valence-electron chi connectivity index (χ0n) is 15.6. The Morgan fingerprint density at radius 2 is 2.04 bits per heavy atom. The van der Waals surface area contributed by atoms with Crippen molar-refractivity contribution < 1.29 is 9.53 Å². The SMILES string of the molecule is CO[C@@H]1CCC[C@]12CCCN(C(=O)c1c(-c3ccccc3)n[nH]c1C)C2. The van der Waals surface area contributed by atoms with Crippen molar-refractivity contribution in [1.82, 2.24) is 15.1 Å². The van der Waals surface area contributed by atoms with Crippen LogP contribution in [-0.4, -0.2) is 47.3 Å². The van der Waals surface area contributed by atoms with Crippen LogP contribution in [0.15, 0.2) is 30.3 Å². The first-order valence-electron chi connectivity index (χ1n) is 9.57. The Morgan fingerprint density at radius 1 is 1.27 bits per heavy atom. The number of piperidine rings is 1. The molecule has 1 aliphatic carbocycles. The fraction of sp³-hybridized carbons (Fsp3) is 0.524. The number of nitrogens with one attached hydrogen (secondary N) is 1. The minimum absolute atomic E-state index is 0.0935. The number of carbonyl (C=O) groups is 1. The van der Waals surface area contributed by atoms with Crippen LogP contribution in [0.25, 0.3) is 11.3 Å². The normalized spacial score (nSPS) is 25.8. The summed E-state index contributed by atoms with van der Waals surface area (Å²) in [6.45, 7) is 3.54. The molecular weight excluding hydrogens is 326 g/mol. The predicted molar refractivity (Wildman–Crippen MR) is 101 cm³/mol. The number of aromatic nitrogens is 2. The molecule has 1 amide bonds. The van der Waals surface area contributed by atoms with E-state index >= 15 is 0 Å². The number of hydrogen-bond acceptors (Lipinski definition) is 3. The third kappa shape index (κ3) is 2.84. The highest BCUT2D eigenvalue weighted by molar-refractivity contribution is 6.01. The van der Waals surface area contributed by atoms with Crippen molar-refractivity contribution in [3.05, 3.63) is 41.6 Å². The van der Waals surface area contributed by atoms with Crippen molar-refractivity contribution in [2.45, 2.75) is 45.1 Å². The van der Waals surface area contributed by atoms with E-state index in [4.69, 9.17) is 4.74 Å². The van der Waals surface area contributed by atoms with E-state index in [1.165, 1.54) is 6.42 Å². The molecule has 1 saturated heterocycles. The Hall–Kier alpha value is -2.14. The van der Waals surface area contributed by atoms with Crippen molar-refractivity contribution in [1.29, 1.82) is 0 Å². The number of hydrogen-bond donors (Lipinski definition) is 1. The van der Waals surface area contributed by atoms with Gasteiger partial charge < -0.3 is 9.64 Å². The molecule has 0 radical (unpaired) electrons. The topological polar surface area (TPSA) is 58.2 Å². The summed E-state index contributed by atoms with van der Waals surface area (Å²) in [5.74, 6) is 0.0935. The van der Waals surface area contributed by atoms with Gasteiger partial charge in [0.1, 0.15) is 5.69 Å². The number of aromatic amines is 1. The van der Waals surface area contributed by atoms with Crippen LogP contribution in [0, 0.1) is 12.3 Å². The Kier molecular flexibility index (Phi) is 4.57. The maximum absolute atomic E-state index is 13.4. The maximum atomic E-state index is 13.4. The summed E-state index contributed by atoms with van der Waals surface area (Å²) in [6, 6.07) is 9.93. The molecule has 4 rings (SSSR count). The Labute approximate surface area is 154 Å². The van der Waals surface area contributed by atoms with Crippen LogP contribution in [0.1, 0.15) is 48.2 Å². The number of likely N-dealkylation sites (tertiary alicyclic amines) is 1. The Bertz CT molecular complexity index is 786. The Morgan fingerprint density at radius 3 is 2.81 bits per heavy atom. The van der Waals surface area contributed by atoms with Gasteiger partial charge in [-0.1, -0.05) is 36.8 Å². The van der Waals surface area contributed by atoms with E-state index in [9.17, 15) is 4.79 Å². The number of methoxy groups -OCH3 is 1. The van der Waals surface area contributed by atoms with Gasteiger partial charge >= 0.3 is 0 Å². The van der Waals surface area contributed by atoms with Crippen LogP contribution in [0.5, 0.6) is 0 Å². The minimum Gasteiger partial charge on any atom is -0.381 e. The quantitative estimate of drug-likeness (QED) is 0.913. The summed E-state index contributed by atoms with van der Waals surface area (Å²) >= 11 is 0. The number of carbonyl (C=O) groups excluding carboxylic acids is 1. The molecule has 2 heterocycles. The third-order valence-electron chi connectivity index (χ3n) is 6.21. The lowest BCUT2D eigenvalue weighted by molar-refractivity contribution is -0.0295. The Balaban J connectivity index is 1.63. The van der Waals surface area contributed by atoms with E-state index < -0.39 is 0 Å². The van der Waals surface area contributed by atoms with Gasteiger partial charge in [0.25, 0.3) is 5.91 Å². The van der Waals surface area contributed by atoms with Crippen molar-refractivity contribution >= 4 is 5.91 Å². The molecule has 2 fully saturated rings. The smallest absolute Gasteiger partial charge is 0.257 e. The lowest BCUT2D eigenvalue weighted by Gasteiger charge is -2.43. The molecule has 1 aromatic heterocycles. The van der Waals surface area contributed by atoms with E-state index in [2.05, 4.69) is 10.2 Å². The van der Waals surface area contributed by atoms with Gasteiger partial charge in [0.05, 0.1) is 11.7 Å². The molecule has 2 atom stereocenters. The fourth-order valence-electron chi connectivity index (χ4n) is 4.93. The number of aryl methyl sites for hydroxylation is 1. The number of benzene rings is 1. The fourth-order valence-corrected chi connectivity index (χ4v) is 4.93. The highest BCUT2D eigenvalue weighted by atomic mass is 16.5. The average Bonchev–Trinajstić information content (AvgIpc) is 3.25. The van der Waals surface area contributed by atoms with Gasteiger partial charge in [0.15, 0.2) is 0 Å². The van der Waals surface area contributed by atoms with Crippen molar-refractivity contribution in [3.8, 4) is 11.3 Å². The van der Waals surface area contributed by atoms with Crippen LogP contribution >= 0.6 is 0 Å². The molecule has 1 aromatic carbocycles. The highest BCUT2D eigenvalue weighted by Crippen LogP contribution is 2.46.